The van der Waals surface area contributed by atoms with Crippen molar-refractivity contribution in [3.63, 3.8) is 0 Å². The molecule has 2 aliphatic heterocycles. The molecule has 0 saturated carbocycles. The Morgan fingerprint density at radius 3 is 2.77 bits per heavy atom. The summed E-state index contributed by atoms with van der Waals surface area (Å²) in [6.45, 7) is 7.59. The molecule has 0 aliphatic carbocycles. The number of anilines is 1. The number of aliphatic hydroxyl groups is 1. The maximum Gasteiger partial charge on any atom is 0.255 e. The molecule has 8 heteroatoms. The number of nitrogens with zero attached hydrogens (tertiary/aromatic N) is 3. The summed E-state index contributed by atoms with van der Waals surface area (Å²) < 4.78 is 11.1. The molecule has 0 unspecified atom stereocenters. The van der Waals surface area contributed by atoms with Crippen LogP contribution in [0, 0.1) is 0 Å². The first-order chi connectivity index (χ1) is 14.5. The second kappa shape index (κ2) is 8.75. The minimum Gasteiger partial charge on any atom is -0.496 e. The van der Waals surface area contributed by atoms with Gasteiger partial charge in [-0.1, -0.05) is 6.07 Å². The lowest BCUT2D eigenvalue weighted by Gasteiger charge is -2.36. The molecule has 30 heavy (non-hydrogen) atoms. The van der Waals surface area contributed by atoms with E-state index >= 15 is 0 Å². The molecular formula is C22H30N4O4. The number of aromatic amines is 1. The summed E-state index contributed by atoms with van der Waals surface area (Å²) >= 11 is 0. The fraction of sp³-hybridized carbons (Fsp3) is 0.545. The SMILES string of the molecule is COc1ccc(CN2CCc3c(nc(N4C[C@@H](C)O[C@@H](C)C4)[nH]c3=O)C2)cc1CO. The van der Waals surface area contributed by atoms with Crippen molar-refractivity contribution in [3.05, 3.63) is 50.9 Å². The van der Waals surface area contributed by atoms with E-state index < -0.39 is 0 Å². The summed E-state index contributed by atoms with van der Waals surface area (Å²) in [7, 11) is 1.60. The Kier molecular flexibility index (Phi) is 6.08. The van der Waals surface area contributed by atoms with E-state index in [-0.39, 0.29) is 24.4 Å². The van der Waals surface area contributed by atoms with Gasteiger partial charge in [-0.25, -0.2) is 4.98 Å². The number of benzene rings is 1. The van der Waals surface area contributed by atoms with Gasteiger partial charge >= 0.3 is 0 Å². The van der Waals surface area contributed by atoms with Gasteiger partial charge in [-0.3, -0.25) is 14.7 Å². The average molecular weight is 415 g/mol. The Hall–Kier alpha value is -2.42. The second-order valence-corrected chi connectivity index (χ2v) is 8.24. The van der Waals surface area contributed by atoms with Gasteiger partial charge in [0.1, 0.15) is 5.75 Å². The molecule has 4 rings (SSSR count). The van der Waals surface area contributed by atoms with Gasteiger partial charge in [0.05, 0.1) is 31.6 Å². The van der Waals surface area contributed by atoms with Crippen LogP contribution in [0.3, 0.4) is 0 Å². The summed E-state index contributed by atoms with van der Waals surface area (Å²) in [5, 5.41) is 9.58. The molecule has 2 N–H and O–H groups in total. The normalized spacial score (nSPS) is 22.1. The zero-order valence-corrected chi connectivity index (χ0v) is 17.9. The number of nitrogens with one attached hydrogen (secondary N) is 1. The predicted molar refractivity (Wildman–Crippen MR) is 114 cm³/mol. The Bertz CT molecular complexity index is 951. The minimum absolute atomic E-state index is 0.0338. The van der Waals surface area contributed by atoms with Gasteiger partial charge in [0, 0.05) is 43.9 Å². The van der Waals surface area contributed by atoms with Gasteiger partial charge in [-0.2, -0.15) is 0 Å². The highest BCUT2D eigenvalue weighted by Crippen LogP contribution is 2.24. The molecule has 2 aliphatic rings. The van der Waals surface area contributed by atoms with Gasteiger partial charge in [0.2, 0.25) is 5.95 Å². The first-order valence-corrected chi connectivity index (χ1v) is 10.5. The Morgan fingerprint density at radius 2 is 2.07 bits per heavy atom. The highest BCUT2D eigenvalue weighted by atomic mass is 16.5. The number of hydrogen-bond acceptors (Lipinski definition) is 7. The predicted octanol–water partition coefficient (Wildman–Crippen LogP) is 1.44. The Labute approximate surface area is 176 Å². The third-order valence-electron chi connectivity index (χ3n) is 5.78. The van der Waals surface area contributed by atoms with Crippen LogP contribution in [-0.4, -0.2) is 58.9 Å². The lowest BCUT2D eigenvalue weighted by molar-refractivity contribution is -0.00576. The Morgan fingerprint density at radius 1 is 1.30 bits per heavy atom. The van der Waals surface area contributed by atoms with Crippen molar-refractivity contribution in [3.8, 4) is 5.75 Å². The van der Waals surface area contributed by atoms with E-state index in [0.29, 0.717) is 37.8 Å². The number of aliphatic hydroxyl groups excluding tert-OH is 1. The minimum atomic E-state index is -0.0590. The molecule has 8 nitrogen and oxygen atoms in total. The van der Waals surface area contributed by atoms with Crippen molar-refractivity contribution in [1.29, 1.82) is 0 Å². The molecule has 1 saturated heterocycles. The third-order valence-corrected chi connectivity index (χ3v) is 5.78. The number of ether oxygens (including phenoxy) is 2. The molecule has 3 heterocycles. The van der Waals surface area contributed by atoms with Gasteiger partial charge in [0.15, 0.2) is 0 Å². The highest BCUT2D eigenvalue weighted by molar-refractivity contribution is 5.38. The van der Waals surface area contributed by atoms with Crippen LogP contribution >= 0.6 is 0 Å². The molecular weight excluding hydrogens is 384 g/mol. The average Bonchev–Trinajstić information content (AvgIpc) is 2.72. The molecule has 2 aromatic rings. The van der Waals surface area contributed by atoms with E-state index in [1.807, 2.05) is 32.0 Å². The van der Waals surface area contributed by atoms with Crippen molar-refractivity contribution in [2.75, 3.05) is 31.6 Å². The standard InChI is InChI=1S/C22H30N4O4/c1-14-9-26(10-15(2)30-14)22-23-19-12-25(7-6-18(19)21(28)24-22)11-16-4-5-20(29-3)17(8-16)13-27/h4-5,8,14-15,27H,6-7,9-13H2,1-3H3,(H,23,24,28)/t14-,15+. The maximum atomic E-state index is 12.7. The van der Waals surface area contributed by atoms with Crippen LogP contribution in [0.2, 0.25) is 0 Å². The molecule has 1 aromatic heterocycles. The number of morpholine rings is 1. The molecule has 0 spiro atoms. The topological polar surface area (TPSA) is 90.9 Å². The van der Waals surface area contributed by atoms with Crippen LogP contribution in [0.5, 0.6) is 5.75 Å². The number of hydrogen-bond donors (Lipinski definition) is 2. The lowest BCUT2D eigenvalue weighted by atomic mass is 10.0. The van der Waals surface area contributed by atoms with E-state index in [1.54, 1.807) is 7.11 Å². The number of rotatable bonds is 5. The molecule has 162 valence electrons. The van der Waals surface area contributed by atoms with Crippen molar-refractivity contribution in [2.24, 2.45) is 0 Å². The summed E-state index contributed by atoms with van der Waals surface area (Å²) in [6, 6.07) is 5.88. The van der Waals surface area contributed by atoms with Gasteiger partial charge in [-0.15, -0.1) is 0 Å². The monoisotopic (exact) mass is 414 g/mol. The fourth-order valence-electron chi connectivity index (χ4n) is 4.43. The van der Waals surface area contributed by atoms with Crippen LogP contribution in [0.15, 0.2) is 23.0 Å². The molecule has 0 amide bonds. The summed E-state index contributed by atoms with van der Waals surface area (Å²) in [5.41, 5.74) is 3.48. The van der Waals surface area contributed by atoms with Crippen LogP contribution in [0.1, 0.15) is 36.2 Å². The quantitative estimate of drug-likeness (QED) is 0.765. The smallest absolute Gasteiger partial charge is 0.255 e. The van der Waals surface area contributed by atoms with E-state index in [4.69, 9.17) is 14.5 Å². The maximum absolute atomic E-state index is 12.7. The number of H-pyrrole nitrogens is 1. The van der Waals surface area contributed by atoms with Crippen molar-refractivity contribution < 1.29 is 14.6 Å². The lowest BCUT2D eigenvalue weighted by Crippen LogP contribution is -2.47. The van der Waals surface area contributed by atoms with Gasteiger partial charge in [-0.05, 0) is 38.0 Å². The summed E-state index contributed by atoms with van der Waals surface area (Å²) in [5.74, 6) is 1.33. The van der Waals surface area contributed by atoms with E-state index in [9.17, 15) is 9.90 Å². The van der Waals surface area contributed by atoms with E-state index in [1.165, 1.54) is 0 Å². The molecule has 2 atom stereocenters. The molecule has 1 aromatic carbocycles. The van der Waals surface area contributed by atoms with Crippen LogP contribution in [-0.2, 0) is 30.9 Å². The van der Waals surface area contributed by atoms with Crippen LogP contribution < -0.4 is 15.2 Å². The van der Waals surface area contributed by atoms with Crippen LogP contribution in [0.25, 0.3) is 0 Å². The number of methoxy groups -OCH3 is 1. The van der Waals surface area contributed by atoms with E-state index in [0.717, 1.165) is 35.5 Å². The summed E-state index contributed by atoms with van der Waals surface area (Å²) in [4.78, 5) is 24.9. The summed E-state index contributed by atoms with van der Waals surface area (Å²) in [6.07, 6.45) is 0.876. The fourth-order valence-corrected chi connectivity index (χ4v) is 4.43. The largest absolute Gasteiger partial charge is 0.496 e. The van der Waals surface area contributed by atoms with Gasteiger partial charge in [0.25, 0.3) is 5.56 Å². The zero-order chi connectivity index (χ0) is 21.3. The van der Waals surface area contributed by atoms with E-state index in [2.05, 4.69) is 14.8 Å². The Balaban J connectivity index is 1.53. The first kappa shape index (κ1) is 20.8. The highest BCUT2D eigenvalue weighted by Gasteiger charge is 2.27. The van der Waals surface area contributed by atoms with Crippen molar-refractivity contribution in [1.82, 2.24) is 14.9 Å². The molecule has 0 bridgehead atoms. The van der Waals surface area contributed by atoms with Crippen molar-refractivity contribution in [2.45, 2.75) is 52.2 Å². The van der Waals surface area contributed by atoms with Crippen molar-refractivity contribution >= 4 is 5.95 Å². The first-order valence-electron chi connectivity index (χ1n) is 10.5. The second-order valence-electron chi connectivity index (χ2n) is 8.24. The zero-order valence-electron chi connectivity index (χ0n) is 17.9. The number of fused-ring (bicyclic) bond motifs is 1. The molecule has 0 radical (unpaired) electrons. The van der Waals surface area contributed by atoms with Gasteiger partial charge < -0.3 is 19.5 Å². The van der Waals surface area contributed by atoms with Crippen LogP contribution in [0.4, 0.5) is 5.95 Å². The number of aromatic nitrogens is 2. The third kappa shape index (κ3) is 4.35. The molecule has 1 fully saturated rings.